The Bertz CT molecular complexity index is 3000. The van der Waals surface area contributed by atoms with Crippen molar-refractivity contribution < 1.29 is 8.83 Å². The van der Waals surface area contributed by atoms with Gasteiger partial charge in [0.2, 0.25) is 0 Å². The Kier molecular flexibility index (Phi) is 5.80. The highest BCUT2D eigenvalue weighted by molar-refractivity contribution is 9.10. The van der Waals surface area contributed by atoms with Crippen LogP contribution in [0.4, 0.5) is 0 Å². The number of benzene rings is 7. The van der Waals surface area contributed by atoms with E-state index in [4.69, 9.17) is 18.8 Å². The fourth-order valence-electron chi connectivity index (χ4n) is 7.44. The molecular weight excluding hydrogens is 756 g/mol. The highest BCUT2D eigenvalue weighted by Gasteiger charge is 2.25. The van der Waals surface area contributed by atoms with Crippen LogP contribution in [0.1, 0.15) is 0 Å². The minimum Gasteiger partial charge on any atom is -0.455 e. The van der Waals surface area contributed by atoms with Gasteiger partial charge in [-0.3, -0.25) is 0 Å². The number of thiophene rings is 1. The second-order valence-corrected chi connectivity index (χ2v) is 15.2. The molecule has 11 aromatic rings. The van der Waals surface area contributed by atoms with E-state index < -0.39 is 0 Å². The summed E-state index contributed by atoms with van der Waals surface area (Å²) in [6.07, 6.45) is 0. The fourth-order valence-corrected chi connectivity index (χ4v) is 9.38. The molecule has 4 nitrogen and oxygen atoms in total. The molecule has 0 saturated carbocycles. The molecule has 49 heavy (non-hydrogen) atoms. The Hall–Kier alpha value is -5.08. The number of furan rings is 2. The lowest BCUT2D eigenvalue weighted by atomic mass is 9.99. The van der Waals surface area contributed by atoms with Gasteiger partial charge in [0, 0.05) is 52.4 Å². The first-order valence-corrected chi connectivity index (χ1v) is 18.3. The Morgan fingerprint density at radius 1 is 0.408 bits per heavy atom. The molecule has 0 N–H and O–H groups in total. The highest BCUT2D eigenvalue weighted by Crippen LogP contribution is 2.49. The van der Waals surface area contributed by atoms with Gasteiger partial charge in [0.25, 0.3) is 0 Å². The summed E-state index contributed by atoms with van der Waals surface area (Å²) in [4.78, 5) is 13.2. The van der Waals surface area contributed by atoms with Crippen molar-refractivity contribution in [2.75, 3.05) is 0 Å². The molecule has 4 aromatic heterocycles. The summed E-state index contributed by atoms with van der Waals surface area (Å²) < 4.78 is 15.2. The van der Waals surface area contributed by atoms with E-state index in [0.717, 1.165) is 117 Å². The smallest absolute Gasteiger partial charge is 0.144 e. The molecule has 0 amide bonds. The van der Waals surface area contributed by atoms with Crippen LogP contribution in [-0.4, -0.2) is 9.97 Å². The zero-order valence-electron chi connectivity index (χ0n) is 25.4. The molecule has 0 radical (unpaired) electrons. The van der Waals surface area contributed by atoms with E-state index >= 15 is 0 Å². The molecule has 4 heterocycles. The summed E-state index contributed by atoms with van der Waals surface area (Å²) in [7, 11) is 0. The molecule has 0 unspecified atom stereocenters. The lowest BCUT2D eigenvalue weighted by Crippen LogP contribution is -1.92. The first kappa shape index (κ1) is 27.8. The van der Waals surface area contributed by atoms with Crippen molar-refractivity contribution >= 4 is 131 Å². The topological polar surface area (TPSA) is 52.1 Å². The van der Waals surface area contributed by atoms with Crippen molar-refractivity contribution in [3.05, 3.63) is 130 Å². The SMILES string of the molecule is Brc1ccc2c3ccc(Br)cc3c3nc4c(-c5cccc6c5oc5ccccc56)sc(-c5cccc6c5oc5ccccc56)c4nc3c2c1. The van der Waals surface area contributed by atoms with Crippen molar-refractivity contribution in [1.82, 2.24) is 9.97 Å². The Morgan fingerprint density at radius 3 is 1.35 bits per heavy atom. The minimum absolute atomic E-state index is 0.837. The molecule has 0 aliphatic carbocycles. The maximum atomic E-state index is 6.58. The summed E-state index contributed by atoms with van der Waals surface area (Å²) in [5.74, 6) is 0. The van der Waals surface area contributed by atoms with Gasteiger partial charge in [-0.15, -0.1) is 11.3 Å². The van der Waals surface area contributed by atoms with Gasteiger partial charge < -0.3 is 8.83 Å². The zero-order valence-corrected chi connectivity index (χ0v) is 29.4. The van der Waals surface area contributed by atoms with Crippen LogP contribution in [-0.2, 0) is 0 Å². The van der Waals surface area contributed by atoms with E-state index in [0.29, 0.717) is 0 Å². The number of hydrogen-bond acceptors (Lipinski definition) is 5. The third-order valence-electron chi connectivity index (χ3n) is 9.59. The summed E-state index contributed by atoms with van der Waals surface area (Å²) in [6.45, 7) is 0. The average molecular weight is 777 g/mol. The van der Waals surface area contributed by atoms with Crippen LogP contribution in [0.5, 0.6) is 0 Å². The average Bonchev–Trinajstić information content (AvgIpc) is 3.82. The van der Waals surface area contributed by atoms with E-state index in [1.807, 2.05) is 24.3 Å². The van der Waals surface area contributed by atoms with Crippen LogP contribution >= 0.6 is 43.2 Å². The number of para-hydroxylation sites is 4. The first-order chi connectivity index (χ1) is 24.1. The van der Waals surface area contributed by atoms with Gasteiger partial charge >= 0.3 is 0 Å². The van der Waals surface area contributed by atoms with Gasteiger partial charge in [-0.2, -0.15) is 0 Å². The largest absolute Gasteiger partial charge is 0.455 e. The lowest BCUT2D eigenvalue weighted by Gasteiger charge is -2.11. The molecule has 0 fully saturated rings. The standard InChI is InChI=1S/C42H20Br2N2O2S/c43-21-15-17-23-24-18-16-22(44)20-32(24)36-35(31(23)19-21)45-37-38(46-36)42(30-12-6-10-28-26-8-2-4-14-34(26)48-40(28)30)49-41(37)29-11-5-9-27-25-7-1-3-13-33(25)47-39(27)29/h1-20H. The third-order valence-corrected chi connectivity index (χ3v) is 11.8. The monoisotopic (exact) mass is 774 g/mol. The second-order valence-electron chi connectivity index (χ2n) is 12.3. The summed E-state index contributed by atoms with van der Waals surface area (Å²) in [5.41, 5.74) is 8.80. The first-order valence-electron chi connectivity index (χ1n) is 15.9. The zero-order chi connectivity index (χ0) is 32.4. The van der Waals surface area contributed by atoms with Gasteiger partial charge in [-0.1, -0.05) is 105 Å². The summed E-state index contributed by atoms with van der Waals surface area (Å²) in [6, 6.07) is 42.0. The van der Waals surface area contributed by atoms with Gasteiger partial charge in [0.15, 0.2) is 0 Å². The number of aromatic nitrogens is 2. The van der Waals surface area contributed by atoms with E-state index in [-0.39, 0.29) is 0 Å². The molecule has 0 spiro atoms. The highest BCUT2D eigenvalue weighted by atomic mass is 79.9. The molecule has 0 saturated heterocycles. The molecule has 7 heteroatoms. The Balaban J connectivity index is 1.33. The van der Waals surface area contributed by atoms with Crippen LogP contribution in [0.25, 0.3) is 108 Å². The Labute approximate surface area is 298 Å². The van der Waals surface area contributed by atoms with E-state index in [1.54, 1.807) is 11.3 Å². The number of hydrogen-bond donors (Lipinski definition) is 0. The van der Waals surface area contributed by atoms with Gasteiger partial charge in [0.1, 0.15) is 33.4 Å². The fraction of sp³-hybridized carbons (Fsp3) is 0. The Morgan fingerprint density at radius 2 is 0.857 bits per heavy atom. The van der Waals surface area contributed by atoms with Crippen LogP contribution in [0, 0.1) is 0 Å². The minimum atomic E-state index is 0.837. The molecule has 11 rings (SSSR count). The van der Waals surface area contributed by atoms with Gasteiger partial charge in [-0.05, 0) is 59.3 Å². The van der Waals surface area contributed by atoms with E-state index in [2.05, 4.69) is 129 Å². The molecule has 0 aliphatic rings. The third kappa shape index (κ3) is 3.95. The van der Waals surface area contributed by atoms with Gasteiger partial charge in [0.05, 0.1) is 20.8 Å². The van der Waals surface area contributed by atoms with Crippen molar-refractivity contribution in [1.29, 1.82) is 0 Å². The molecule has 230 valence electrons. The molecular formula is C42H20Br2N2O2S. The van der Waals surface area contributed by atoms with Crippen LogP contribution in [0.2, 0.25) is 0 Å². The van der Waals surface area contributed by atoms with Crippen molar-refractivity contribution in [2.24, 2.45) is 0 Å². The quantitative estimate of drug-likeness (QED) is 0.164. The predicted molar refractivity (Wildman–Crippen MR) is 211 cm³/mol. The normalized spacial score (nSPS) is 12.3. The number of fused-ring (bicyclic) bond motifs is 13. The predicted octanol–water partition coefficient (Wildman–Crippen LogP) is 13.8. The summed E-state index contributed by atoms with van der Waals surface area (Å²) in [5, 5.41) is 8.71. The number of halogens is 2. The maximum Gasteiger partial charge on any atom is 0.144 e. The lowest BCUT2D eigenvalue weighted by molar-refractivity contribution is 0.670. The second kappa shape index (κ2) is 10.2. The molecule has 0 atom stereocenters. The molecule has 7 aromatic carbocycles. The van der Waals surface area contributed by atoms with Crippen LogP contribution in [0.3, 0.4) is 0 Å². The van der Waals surface area contributed by atoms with Crippen molar-refractivity contribution in [3.63, 3.8) is 0 Å². The van der Waals surface area contributed by atoms with Crippen LogP contribution in [0.15, 0.2) is 139 Å². The van der Waals surface area contributed by atoms with E-state index in [9.17, 15) is 0 Å². The maximum absolute atomic E-state index is 6.58. The van der Waals surface area contributed by atoms with E-state index in [1.165, 1.54) is 0 Å². The number of rotatable bonds is 2. The van der Waals surface area contributed by atoms with Crippen molar-refractivity contribution in [3.8, 4) is 20.9 Å². The van der Waals surface area contributed by atoms with Crippen LogP contribution < -0.4 is 0 Å². The number of nitrogens with zero attached hydrogens (tertiary/aromatic N) is 2. The molecule has 0 bridgehead atoms. The summed E-state index contributed by atoms with van der Waals surface area (Å²) >= 11 is 9.16. The van der Waals surface area contributed by atoms with Gasteiger partial charge in [-0.25, -0.2) is 9.97 Å². The molecule has 0 aliphatic heterocycles. The van der Waals surface area contributed by atoms with Crippen molar-refractivity contribution in [2.45, 2.75) is 0 Å².